The maximum absolute atomic E-state index is 12.7. The van der Waals surface area contributed by atoms with Crippen LogP contribution in [0, 0.1) is 0 Å². The van der Waals surface area contributed by atoms with Gasteiger partial charge < -0.3 is 19.5 Å². The van der Waals surface area contributed by atoms with E-state index in [0.29, 0.717) is 12.2 Å². The topological polar surface area (TPSA) is 64.1 Å². The summed E-state index contributed by atoms with van der Waals surface area (Å²) in [6.07, 6.45) is 1.32. The standard InChI is InChI=1S/C18H19F2N3O3S/c1-3-25-15-6-4-5-12(16(15)26-17(19)20)11-21-23-18(27)22-13-7-9-14(24-2)10-8-13/h4-11,17H,3H2,1-2H3,(H2,22,23,27)/b21-11-. The quantitative estimate of drug-likeness (QED) is 0.400. The summed E-state index contributed by atoms with van der Waals surface area (Å²) in [4.78, 5) is 0. The molecule has 0 spiro atoms. The molecule has 0 aromatic heterocycles. The summed E-state index contributed by atoms with van der Waals surface area (Å²) in [5.41, 5.74) is 3.67. The van der Waals surface area contributed by atoms with Crippen LogP contribution in [0.1, 0.15) is 12.5 Å². The minimum Gasteiger partial charge on any atom is -0.497 e. The molecule has 9 heteroatoms. The largest absolute Gasteiger partial charge is 0.497 e. The summed E-state index contributed by atoms with van der Waals surface area (Å²) >= 11 is 5.14. The summed E-state index contributed by atoms with van der Waals surface area (Å²) in [5, 5.41) is 7.12. The zero-order valence-corrected chi connectivity index (χ0v) is 15.6. The molecule has 2 N–H and O–H groups in total. The molecule has 27 heavy (non-hydrogen) atoms. The molecule has 0 radical (unpaired) electrons. The number of ether oxygens (including phenoxy) is 3. The Balaban J connectivity index is 2.03. The van der Waals surface area contributed by atoms with Crippen LogP contribution in [-0.2, 0) is 0 Å². The third-order valence-corrected chi connectivity index (χ3v) is 3.43. The van der Waals surface area contributed by atoms with E-state index < -0.39 is 6.61 Å². The predicted octanol–water partition coefficient (Wildman–Crippen LogP) is 4.02. The molecule has 0 saturated carbocycles. The number of para-hydroxylation sites is 1. The van der Waals surface area contributed by atoms with Gasteiger partial charge in [-0.25, -0.2) is 0 Å². The number of hydrogen-bond acceptors (Lipinski definition) is 5. The molecule has 0 aliphatic heterocycles. The van der Waals surface area contributed by atoms with Crippen LogP contribution < -0.4 is 25.0 Å². The molecular formula is C18H19F2N3O3S. The fraction of sp³-hybridized carbons (Fsp3) is 0.222. The molecule has 0 atom stereocenters. The lowest BCUT2D eigenvalue weighted by Gasteiger charge is -2.13. The van der Waals surface area contributed by atoms with E-state index in [0.717, 1.165) is 11.4 Å². The SMILES string of the molecule is CCOc1cccc(/C=N\NC(=S)Nc2ccc(OC)cc2)c1OC(F)F. The van der Waals surface area contributed by atoms with Gasteiger partial charge in [0, 0.05) is 11.3 Å². The predicted molar refractivity (Wildman–Crippen MR) is 104 cm³/mol. The minimum atomic E-state index is -2.98. The number of thiocarbonyl (C=S) groups is 1. The first-order valence-corrected chi connectivity index (χ1v) is 8.39. The number of anilines is 1. The number of alkyl halides is 2. The van der Waals surface area contributed by atoms with Crippen LogP contribution in [0.3, 0.4) is 0 Å². The Hall–Kier alpha value is -2.94. The number of hydrogen-bond donors (Lipinski definition) is 2. The normalized spacial score (nSPS) is 10.7. The van der Waals surface area contributed by atoms with Gasteiger partial charge in [-0.15, -0.1) is 0 Å². The Morgan fingerprint density at radius 1 is 1.22 bits per heavy atom. The maximum Gasteiger partial charge on any atom is 0.387 e. The first kappa shape index (κ1) is 20.4. The van der Waals surface area contributed by atoms with Crippen molar-refractivity contribution in [2.45, 2.75) is 13.5 Å². The Kier molecular flexibility index (Phi) is 7.75. The van der Waals surface area contributed by atoms with Gasteiger partial charge in [0.05, 0.1) is 19.9 Å². The van der Waals surface area contributed by atoms with Crippen molar-refractivity contribution >= 4 is 29.2 Å². The highest BCUT2D eigenvalue weighted by atomic mass is 32.1. The second-order valence-corrected chi connectivity index (χ2v) is 5.45. The average molecular weight is 395 g/mol. The molecule has 0 amide bonds. The molecule has 0 aliphatic carbocycles. The molecule has 0 bridgehead atoms. The molecule has 2 aromatic carbocycles. The molecule has 0 aliphatic rings. The molecule has 2 rings (SSSR count). The molecule has 0 saturated heterocycles. The molecule has 144 valence electrons. The lowest BCUT2D eigenvalue weighted by atomic mass is 10.2. The van der Waals surface area contributed by atoms with Crippen LogP contribution in [0.25, 0.3) is 0 Å². The first-order valence-electron chi connectivity index (χ1n) is 7.98. The number of methoxy groups -OCH3 is 1. The van der Waals surface area contributed by atoms with Crippen LogP contribution in [0.2, 0.25) is 0 Å². The van der Waals surface area contributed by atoms with Gasteiger partial charge in [0.2, 0.25) is 0 Å². The summed E-state index contributed by atoms with van der Waals surface area (Å²) in [5.74, 6) is 0.841. The van der Waals surface area contributed by atoms with Crippen molar-refractivity contribution in [3.8, 4) is 17.2 Å². The second kappa shape index (κ2) is 10.3. The zero-order valence-electron chi connectivity index (χ0n) is 14.7. The van der Waals surface area contributed by atoms with Gasteiger partial charge in [0.15, 0.2) is 16.6 Å². The molecule has 0 fully saturated rings. The number of hydrazone groups is 1. The molecule has 0 unspecified atom stereocenters. The second-order valence-electron chi connectivity index (χ2n) is 5.04. The van der Waals surface area contributed by atoms with E-state index in [4.69, 9.17) is 21.7 Å². The third kappa shape index (κ3) is 6.37. The van der Waals surface area contributed by atoms with Crippen molar-refractivity contribution in [2.75, 3.05) is 19.0 Å². The number of rotatable bonds is 8. The van der Waals surface area contributed by atoms with Crippen molar-refractivity contribution in [1.82, 2.24) is 5.43 Å². The van der Waals surface area contributed by atoms with Gasteiger partial charge in [0.25, 0.3) is 0 Å². The summed E-state index contributed by atoms with van der Waals surface area (Å²) in [6.45, 7) is -0.920. The van der Waals surface area contributed by atoms with Crippen molar-refractivity contribution in [2.24, 2.45) is 5.10 Å². The molecular weight excluding hydrogens is 376 g/mol. The third-order valence-electron chi connectivity index (χ3n) is 3.23. The average Bonchev–Trinajstić information content (AvgIpc) is 2.64. The Morgan fingerprint density at radius 2 is 1.96 bits per heavy atom. The fourth-order valence-corrected chi connectivity index (χ4v) is 2.28. The lowest BCUT2D eigenvalue weighted by molar-refractivity contribution is -0.0515. The summed E-state index contributed by atoms with van der Waals surface area (Å²) < 4.78 is 40.3. The van der Waals surface area contributed by atoms with E-state index >= 15 is 0 Å². The van der Waals surface area contributed by atoms with E-state index in [1.165, 1.54) is 6.21 Å². The van der Waals surface area contributed by atoms with Crippen LogP contribution in [0.5, 0.6) is 17.2 Å². The van der Waals surface area contributed by atoms with Crippen molar-refractivity contribution in [3.05, 3.63) is 48.0 Å². The van der Waals surface area contributed by atoms with Gasteiger partial charge >= 0.3 is 6.61 Å². The highest BCUT2D eigenvalue weighted by Gasteiger charge is 2.14. The smallest absolute Gasteiger partial charge is 0.387 e. The van der Waals surface area contributed by atoms with Crippen molar-refractivity contribution < 1.29 is 23.0 Å². The number of nitrogens with zero attached hydrogens (tertiary/aromatic N) is 1. The monoisotopic (exact) mass is 395 g/mol. The lowest BCUT2D eigenvalue weighted by Crippen LogP contribution is -2.23. The van der Waals surface area contributed by atoms with E-state index in [1.54, 1.807) is 56.5 Å². The molecule has 2 aromatic rings. The van der Waals surface area contributed by atoms with E-state index in [9.17, 15) is 8.78 Å². The van der Waals surface area contributed by atoms with Crippen molar-refractivity contribution in [1.29, 1.82) is 0 Å². The van der Waals surface area contributed by atoms with E-state index in [1.807, 2.05) is 0 Å². The summed E-state index contributed by atoms with van der Waals surface area (Å²) in [7, 11) is 1.58. The van der Waals surface area contributed by atoms with Gasteiger partial charge in [-0.3, -0.25) is 5.43 Å². The van der Waals surface area contributed by atoms with Gasteiger partial charge in [-0.1, -0.05) is 6.07 Å². The maximum atomic E-state index is 12.7. The highest BCUT2D eigenvalue weighted by molar-refractivity contribution is 7.80. The van der Waals surface area contributed by atoms with Crippen LogP contribution in [-0.4, -0.2) is 31.7 Å². The molecule has 0 heterocycles. The van der Waals surface area contributed by atoms with Crippen LogP contribution in [0.4, 0.5) is 14.5 Å². The van der Waals surface area contributed by atoms with Gasteiger partial charge in [-0.05, 0) is 55.5 Å². The fourth-order valence-electron chi connectivity index (χ4n) is 2.11. The Morgan fingerprint density at radius 3 is 2.59 bits per heavy atom. The van der Waals surface area contributed by atoms with Gasteiger partial charge in [0.1, 0.15) is 5.75 Å². The Bertz CT molecular complexity index is 786. The first-order chi connectivity index (χ1) is 13.0. The summed E-state index contributed by atoms with van der Waals surface area (Å²) in [6, 6.07) is 11.9. The number of halogens is 2. The number of nitrogens with one attached hydrogen (secondary N) is 2. The minimum absolute atomic E-state index is 0.0890. The Labute approximate surface area is 161 Å². The zero-order chi connectivity index (χ0) is 19.6. The van der Waals surface area contributed by atoms with Crippen LogP contribution >= 0.6 is 12.2 Å². The van der Waals surface area contributed by atoms with Crippen LogP contribution in [0.15, 0.2) is 47.6 Å². The van der Waals surface area contributed by atoms with E-state index in [2.05, 4.69) is 20.6 Å². The highest BCUT2D eigenvalue weighted by Crippen LogP contribution is 2.31. The van der Waals surface area contributed by atoms with Crippen molar-refractivity contribution in [3.63, 3.8) is 0 Å². The molecule has 6 nitrogen and oxygen atoms in total. The van der Waals surface area contributed by atoms with E-state index in [-0.39, 0.29) is 16.6 Å². The number of benzene rings is 2. The van der Waals surface area contributed by atoms with Gasteiger partial charge in [-0.2, -0.15) is 13.9 Å².